The lowest BCUT2D eigenvalue weighted by atomic mass is 10.0. The topological polar surface area (TPSA) is 44.5 Å². The number of hydrogen-bond donors (Lipinski definition) is 1. The largest absolute Gasteiger partial charge is 0.497 e. The zero-order valence-electron chi connectivity index (χ0n) is 12.3. The molecule has 0 spiro atoms. The summed E-state index contributed by atoms with van der Waals surface area (Å²) in [5.41, 5.74) is 8.09. The minimum absolute atomic E-state index is 0.128. The van der Waals surface area contributed by atoms with Crippen molar-refractivity contribution in [3.8, 4) is 5.75 Å². The van der Waals surface area contributed by atoms with Crippen molar-refractivity contribution in [1.82, 2.24) is 0 Å². The molecule has 112 valence electrons. The molecule has 0 bridgehead atoms. The van der Waals surface area contributed by atoms with Crippen LogP contribution in [0.3, 0.4) is 0 Å². The molecule has 0 aromatic heterocycles. The summed E-state index contributed by atoms with van der Waals surface area (Å²) < 4.78 is 11.2. The second kappa shape index (κ2) is 7.46. The van der Waals surface area contributed by atoms with Crippen LogP contribution in [-0.2, 0) is 11.3 Å². The first kappa shape index (κ1) is 15.8. The van der Waals surface area contributed by atoms with Crippen molar-refractivity contribution in [2.45, 2.75) is 25.7 Å². The van der Waals surface area contributed by atoms with Gasteiger partial charge < -0.3 is 15.2 Å². The summed E-state index contributed by atoms with van der Waals surface area (Å²) in [7, 11) is 1.65. The van der Waals surface area contributed by atoms with E-state index >= 15 is 0 Å². The number of nitrogens with two attached hydrogens (primary N) is 1. The molecule has 21 heavy (non-hydrogen) atoms. The Hall–Kier alpha value is -1.55. The summed E-state index contributed by atoms with van der Waals surface area (Å²) in [4.78, 5) is 0. The predicted molar refractivity (Wildman–Crippen MR) is 85.6 cm³/mol. The van der Waals surface area contributed by atoms with Crippen molar-refractivity contribution in [2.24, 2.45) is 5.73 Å². The van der Waals surface area contributed by atoms with Crippen molar-refractivity contribution in [3.63, 3.8) is 0 Å². The van der Waals surface area contributed by atoms with Gasteiger partial charge in [-0.05, 0) is 42.3 Å². The van der Waals surface area contributed by atoms with Crippen LogP contribution in [-0.4, -0.2) is 13.2 Å². The third-order valence-electron chi connectivity index (χ3n) is 3.22. The molecule has 0 radical (unpaired) electrons. The molecule has 3 nitrogen and oxygen atoms in total. The molecule has 0 saturated carbocycles. The molecule has 2 rings (SSSR count). The van der Waals surface area contributed by atoms with E-state index in [1.807, 2.05) is 55.5 Å². The van der Waals surface area contributed by atoms with E-state index < -0.39 is 0 Å². The maximum Gasteiger partial charge on any atom is 0.119 e. The molecule has 2 unspecified atom stereocenters. The Morgan fingerprint density at radius 1 is 1.14 bits per heavy atom. The third-order valence-corrected chi connectivity index (χ3v) is 3.45. The highest BCUT2D eigenvalue weighted by molar-refractivity contribution is 6.30. The normalized spacial score (nSPS) is 13.7. The minimum atomic E-state index is -0.195. The molecule has 2 aromatic rings. The van der Waals surface area contributed by atoms with E-state index in [1.165, 1.54) is 0 Å². The van der Waals surface area contributed by atoms with Crippen molar-refractivity contribution in [2.75, 3.05) is 7.11 Å². The monoisotopic (exact) mass is 305 g/mol. The summed E-state index contributed by atoms with van der Waals surface area (Å²) in [5, 5.41) is 0.704. The average Bonchev–Trinajstić information content (AvgIpc) is 2.47. The number of benzene rings is 2. The van der Waals surface area contributed by atoms with Crippen LogP contribution < -0.4 is 10.5 Å². The Kier molecular flexibility index (Phi) is 5.62. The van der Waals surface area contributed by atoms with E-state index in [1.54, 1.807) is 7.11 Å². The van der Waals surface area contributed by atoms with Crippen LogP contribution in [0.25, 0.3) is 0 Å². The molecule has 0 aliphatic heterocycles. The van der Waals surface area contributed by atoms with Gasteiger partial charge in [-0.1, -0.05) is 35.9 Å². The van der Waals surface area contributed by atoms with Gasteiger partial charge in [-0.25, -0.2) is 0 Å². The highest BCUT2D eigenvalue weighted by Crippen LogP contribution is 2.25. The van der Waals surface area contributed by atoms with Gasteiger partial charge in [0.05, 0.1) is 19.8 Å². The van der Waals surface area contributed by atoms with Crippen molar-refractivity contribution < 1.29 is 9.47 Å². The summed E-state index contributed by atoms with van der Waals surface area (Å²) in [5.74, 6) is 0.796. The van der Waals surface area contributed by atoms with E-state index in [9.17, 15) is 0 Å². The van der Waals surface area contributed by atoms with Gasteiger partial charge in [0.25, 0.3) is 0 Å². The molecule has 2 atom stereocenters. The SMILES string of the molecule is COc1cccc(C(OCc2cccc(Cl)c2)C(C)N)c1. The number of halogens is 1. The second-order valence-corrected chi connectivity index (χ2v) is 5.43. The minimum Gasteiger partial charge on any atom is -0.497 e. The molecule has 2 aromatic carbocycles. The zero-order chi connectivity index (χ0) is 15.2. The first-order valence-electron chi connectivity index (χ1n) is 6.85. The van der Waals surface area contributed by atoms with Gasteiger partial charge in [0.15, 0.2) is 0 Å². The maximum absolute atomic E-state index is 6.06. The van der Waals surface area contributed by atoms with E-state index in [0.717, 1.165) is 16.9 Å². The fourth-order valence-corrected chi connectivity index (χ4v) is 2.40. The van der Waals surface area contributed by atoms with Gasteiger partial charge in [0.2, 0.25) is 0 Å². The fourth-order valence-electron chi connectivity index (χ4n) is 2.18. The van der Waals surface area contributed by atoms with E-state index in [2.05, 4.69) is 0 Å². The molecule has 0 amide bonds. The van der Waals surface area contributed by atoms with Crippen LogP contribution in [0.1, 0.15) is 24.2 Å². The predicted octanol–water partition coefficient (Wildman–Crippen LogP) is 3.95. The van der Waals surface area contributed by atoms with E-state index in [0.29, 0.717) is 11.6 Å². The lowest BCUT2D eigenvalue weighted by Crippen LogP contribution is -2.27. The van der Waals surface area contributed by atoms with Gasteiger partial charge in [-0.2, -0.15) is 0 Å². The van der Waals surface area contributed by atoms with Crippen LogP contribution in [0.5, 0.6) is 5.75 Å². The van der Waals surface area contributed by atoms with Crippen LogP contribution in [0.4, 0.5) is 0 Å². The number of methoxy groups -OCH3 is 1. The summed E-state index contributed by atoms with van der Waals surface area (Å²) in [6.07, 6.45) is -0.195. The average molecular weight is 306 g/mol. The number of hydrogen-bond acceptors (Lipinski definition) is 3. The molecule has 0 fully saturated rings. The molecular formula is C17H20ClNO2. The van der Waals surface area contributed by atoms with Crippen molar-refractivity contribution >= 4 is 11.6 Å². The van der Waals surface area contributed by atoms with Gasteiger partial charge in [0, 0.05) is 11.1 Å². The van der Waals surface area contributed by atoms with Gasteiger partial charge in [-0.15, -0.1) is 0 Å². The van der Waals surface area contributed by atoms with Crippen LogP contribution in [0, 0.1) is 0 Å². The Balaban J connectivity index is 2.12. The molecule has 2 N–H and O–H groups in total. The van der Waals surface area contributed by atoms with Crippen LogP contribution in [0.15, 0.2) is 48.5 Å². The first-order chi connectivity index (χ1) is 10.1. The fraction of sp³-hybridized carbons (Fsp3) is 0.294. The van der Waals surface area contributed by atoms with Gasteiger partial charge in [-0.3, -0.25) is 0 Å². The Morgan fingerprint density at radius 2 is 1.90 bits per heavy atom. The smallest absolute Gasteiger partial charge is 0.119 e. The molecular weight excluding hydrogens is 286 g/mol. The standard InChI is InChI=1S/C17H20ClNO2/c1-12(19)17(14-6-4-8-16(10-14)20-2)21-11-13-5-3-7-15(18)9-13/h3-10,12,17H,11,19H2,1-2H3. The third kappa shape index (κ3) is 4.46. The Labute approximate surface area is 130 Å². The zero-order valence-corrected chi connectivity index (χ0v) is 13.0. The maximum atomic E-state index is 6.06. The summed E-state index contributed by atoms with van der Waals surface area (Å²) in [6.45, 7) is 2.39. The number of rotatable bonds is 6. The highest BCUT2D eigenvalue weighted by atomic mass is 35.5. The van der Waals surface area contributed by atoms with E-state index in [4.69, 9.17) is 26.8 Å². The first-order valence-corrected chi connectivity index (χ1v) is 7.23. The lowest BCUT2D eigenvalue weighted by Gasteiger charge is -2.22. The van der Waals surface area contributed by atoms with Crippen LogP contribution >= 0.6 is 11.6 Å². The van der Waals surface area contributed by atoms with E-state index in [-0.39, 0.29) is 12.1 Å². The second-order valence-electron chi connectivity index (χ2n) is 5.00. The van der Waals surface area contributed by atoms with Crippen molar-refractivity contribution in [3.05, 3.63) is 64.7 Å². The quantitative estimate of drug-likeness (QED) is 0.878. The molecule has 0 heterocycles. The Morgan fingerprint density at radius 3 is 2.57 bits per heavy atom. The molecule has 0 aliphatic rings. The lowest BCUT2D eigenvalue weighted by molar-refractivity contribution is 0.0258. The number of ether oxygens (including phenoxy) is 2. The highest BCUT2D eigenvalue weighted by Gasteiger charge is 2.17. The molecule has 0 aliphatic carbocycles. The summed E-state index contributed by atoms with van der Waals surface area (Å²) >= 11 is 5.98. The summed E-state index contributed by atoms with van der Waals surface area (Å²) in [6, 6.07) is 15.3. The van der Waals surface area contributed by atoms with Gasteiger partial charge in [0.1, 0.15) is 5.75 Å². The Bertz CT molecular complexity index is 587. The molecule has 4 heteroatoms. The van der Waals surface area contributed by atoms with Crippen molar-refractivity contribution in [1.29, 1.82) is 0 Å². The van der Waals surface area contributed by atoms with Crippen LogP contribution in [0.2, 0.25) is 5.02 Å². The van der Waals surface area contributed by atoms with Gasteiger partial charge >= 0.3 is 0 Å². The molecule has 0 saturated heterocycles.